The van der Waals surface area contributed by atoms with Crippen LogP contribution in [-0.2, 0) is 80.9 Å². The van der Waals surface area contributed by atoms with Crippen LogP contribution in [0.25, 0.3) is 0 Å². The molecule has 0 aromatic heterocycles. The summed E-state index contributed by atoms with van der Waals surface area (Å²) in [7, 11) is 0. The predicted octanol–water partition coefficient (Wildman–Crippen LogP) is -0.364. The van der Waals surface area contributed by atoms with Gasteiger partial charge in [0.2, 0.25) is 0 Å². The second kappa shape index (κ2) is 18.8. The minimum absolute atomic E-state index is 0.447. The van der Waals surface area contributed by atoms with Gasteiger partial charge in [-0.2, -0.15) is 0 Å². The Kier molecular flexibility index (Phi) is 15.1. The van der Waals surface area contributed by atoms with Crippen molar-refractivity contribution in [3.63, 3.8) is 0 Å². The van der Waals surface area contributed by atoms with Gasteiger partial charge < -0.3 is 0 Å². The van der Waals surface area contributed by atoms with Crippen LogP contribution >= 0.6 is 0 Å². The molecule has 0 bridgehead atoms. The molecule has 276 valence electrons. The van der Waals surface area contributed by atoms with Crippen LogP contribution in [0.1, 0.15) is 48.5 Å². The molecular weight excluding hydrogens is 735 g/mol. The summed E-state index contributed by atoms with van der Waals surface area (Å²) in [5.74, 6) is -5.56. The molecule has 2 aliphatic rings. The standard InChI is InChI=1S/C32H40O17Se/c1-15(33)40-13-23-25(42-17(3)35)27(43-18(4)36)29(45-20(6)38)31(47-23)49-26-24(14-41-16(2)34)48-32(50-22-11-9-8-10-12-22)30(46-21(7)39)28(26)44-19(5)37/h8-12,23-32H,13-14H2,1-7H3/t23?,24?,25-,26+,27?,28?,29?,30?,31+,32-/m0/s1. The van der Waals surface area contributed by atoms with Crippen molar-refractivity contribution in [3.8, 4) is 0 Å². The number of carbonyl (C=O) groups is 7. The maximum absolute atomic E-state index is 12.6. The normalized spacial score (nSPS) is 29.0. The average Bonchev–Trinajstić information content (AvgIpc) is 3.00. The molecule has 17 nitrogen and oxygen atoms in total. The topological polar surface area (TPSA) is 212 Å². The Morgan fingerprint density at radius 1 is 0.520 bits per heavy atom. The summed E-state index contributed by atoms with van der Waals surface area (Å²) >= 11 is -0.576. The molecule has 0 saturated carbocycles. The average molecular weight is 776 g/mol. The van der Waals surface area contributed by atoms with E-state index >= 15 is 0 Å². The molecule has 1 aromatic carbocycles. The summed E-state index contributed by atoms with van der Waals surface area (Å²) < 4.78 is 57.9. The second-order valence-corrected chi connectivity index (χ2v) is 13.6. The molecule has 0 radical (unpaired) electrons. The van der Waals surface area contributed by atoms with E-state index in [0.29, 0.717) is 0 Å². The molecule has 0 N–H and O–H groups in total. The first-order valence-electron chi connectivity index (χ1n) is 15.4. The van der Waals surface area contributed by atoms with E-state index in [1.54, 1.807) is 12.1 Å². The molecule has 6 unspecified atom stereocenters. The molecule has 0 aliphatic carbocycles. The number of hydrogen-bond acceptors (Lipinski definition) is 17. The molecule has 2 fully saturated rings. The van der Waals surface area contributed by atoms with Gasteiger partial charge in [0, 0.05) is 0 Å². The molecule has 1 aromatic rings. The Morgan fingerprint density at radius 3 is 1.42 bits per heavy atom. The summed E-state index contributed by atoms with van der Waals surface area (Å²) in [6.45, 7) is 6.74. The van der Waals surface area contributed by atoms with Gasteiger partial charge in [0.25, 0.3) is 0 Å². The molecule has 3 rings (SSSR count). The van der Waals surface area contributed by atoms with Crippen molar-refractivity contribution in [1.29, 1.82) is 0 Å². The predicted molar refractivity (Wildman–Crippen MR) is 165 cm³/mol. The fourth-order valence-corrected chi connectivity index (χ4v) is 7.56. The van der Waals surface area contributed by atoms with Gasteiger partial charge in [-0.25, -0.2) is 0 Å². The van der Waals surface area contributed by atoms with Gasteiger partial charge in [-0.05, 0) is 0 Å². The van der Waals surface area contributed by atoms with Crippen molar-refractivity contribution >= 4 is 61.2 Å². The van der Waals surface area contributed by atoms with Crippen molar-refractivity contribution in [2.75, 3.05) is 13.2 Å². The molecule has 2 saturated heterocycles. The van der Waals surface area contributed by atoms with E-state index in [0.717, 1.165) is 52.9 Å². The van der Waals surface area contributed by atoms with Crippen LogP contribution in [-0.4, -0.2) is 130 Å². The van der Waals surface area contributed by atoms with Gasteiger partial charge >= 0.3 is 294 Å². The molecule has 0 amide bonds. The van der Waals surface area contributed by atoms with E-state index in [2.05, 4.69) is 0 Å². The summed E-state index contributed by atoms with van der Waals surface area (Å²) in [5, 5.41) is -0.908. The first-order valence-corrected chi connectivity index (χ1v) is 17.2. The Labute approximate surface area is 293 Å². The number of benzene rings is 1. The van der Waals surface area contributed by atoms with Gasteiger partial charge in [-0.1, -0.05) is 0 Å². The van der Waals surface area contributed by atoms with Crippen LogP contribution in [0, 0.1) is 0 Å². The zero-order chi connectivity index (χ0) is 37.1. The first-order chi connectivity index (χ1) is 23.5. The second-order valence-electron chi connectivity index (χ2n) is 11.1. The summed E-state index contributed by atoms with van der Waals surface area (Å²) in [6.07, 6.45) is -13.2. The Bertz CT molecular complexity index is 1390. The summed E-state index contributed by atoms with van der Waals surface area (Å²) in [4.78, 5) is 85.5. The molecule has 2 aliphatic heterocycles. The summed E-state index contributed by atoms with van der Waals surface area (Å²) in [5.41, 5.74) is 0. The van der Waals surface area contributed by atoms with Crippen LogP contribution in [0.3, 0.4) is 0 Å². The van der Waals surface area contributed by atoms with Crippen molar-refractivity contribution in [3.05, 3.63) is 30.3 Å². The van der Waals surface area contributed by atoms with Crippen LogP contribution in [0.15, 0.2) is 30.3 Å². The first kappa shape index (κ1) is 40.3. The third-order valence-corrected chi connectivity index (χ3v) is 9.31. The monoisotopic (exact) mass is 776 g/mol. The molecule has 0 spiro atoms. The van der Waals surface area contributed by atoms with E-state index in [1.807, 2.05) is 18.2 Å². The Morgan fingerprint density at radius 2 is 0.940 bits per heavy atom. The van der Waals surface area contributed by atoms with Crippen LogP contribution < -0.4 is 4.46 Å². The van der Waals surface area contributed by atoms with Crippen molar-refractivity contribution in [2.24, 2.45) is 0 Å². The number of esters is 7. The Hall–Kier alpha value is -4.09. The zero-order valence-electron chi connectivity index (χ0n) is 28.4. The SMILES string of the molecule is CC(=O)OCC1O[C@@H]([Se]c2ccccc2)C(OC(C)=O)C(OC(C)=O)[C@@H]1O[C@H]1OC(COC(C)=O)[C@H](OC(C)=O)C(OC(C)=O)C1OC(C)=O. The van der Waals surface area contributed by atoms with Crippen LogP contribution in [0.5, 0.6) is 0 Å². The van der Waals surface area contributed by atoms with Gasteiger partial charge in [0.15, 0.2) is 0 Å². The van der Waals surface area contributed by atoms with Crippen LogP contribution in [0.2, 0.25) is 0 Å². The van der Waals surface area contributed by atoms with Gasteiger partial charge in [-0.15, -0.1) is 0 Å². The summed E-state index contributed by atoms with van der Waals surface area (Å²) in [6, 6.07) is 9.08. The van der Waals surface area contributed by atoms with Crippen molar-refractivity contribution in [1.82, 2.24) is 0 Å². The van der Waals surface area contributed by atoms with E-state index in [-0.39, 0.29) is 0 Å². The number of carbonyl (C=O) groups excluding carboxylic acids is 7. The molecule has 18 heteroatoms. The Balaban J connectivity index is 2.16. The minimum atomic E-state index is -1.74. The quantitative estimate of drug-likeness (QED) is 0.142. The van der Waals surface area contributed by atoms with Gasteiger partial charge in [-0.3, -0.25) is 0 Å². The van der Waals surface area contributed by atoms with E-state index in [1.165, 1.54) is 0 Å². The van der Waals surface area contributed by atoms with Crippen LogP contribution in [0.4, 0.5) is 0 Å². The zero-order valence-corrected chi connectivity index (χ0v) is 30.1. The molecule has 2 heterocycles. The number of hydrogen-bond donors (Lipinski definition) is 0. The molecular formula is C32H40O17Se. The fourth-order valence-electron chi connectivity index (χ4n) is 5.20. The van der Waals surface area contributed by atoms with Gasteiger partial charge in [0.05, 0.1) is 0 Å². The molecule has 50 heavy (non-hydrogen) atoms. The maximum atomic E-state index is 12.6. The molecule has 10 atom stereocenters. The number of rotatable bonds is 13. The fraction of sp³-hybridized carbons (Fsp3) is 0.594. The van der Waals surface area contributed by atoms with E-state index < -0.39 is 130 Å². The van der Waals surface area contributed by atoms with E-state index in [9.17, 15) is 33.6 Å². The van der Waals surface area contributed by atoms with Gasteiger partial charge in [0.1, 0.15) is 0 Å². The van der Waals surface area contributed by atoms with Crippen molar-refractivity contribution < 1.29 is 80.9 Å². The van der Waals surface area contributed by atoms with E-state index in [4.69, 9.17) is 47.4 Å². The number of ether oxygens (including phenoxy) is 10. The third kappa shape index (κ3) is 12.1. The van der Waals surface area contributed by atoms with Crippen molar-refractivity contribution in [2.45, 2.75) is 109 Å². The third-order valence-electron chi connectivity index (χ3n) is 6.88.